The molecule has 0 unspecified atom stereocenters. The zero-order valence-electron chi connectivity index (χ0n) is 13.9. The van der Waals surface area contributed by atoms with Gasteiger partial charge in [0, 0.05) is 28.9 Å². The number of primary amides is 1. The van der Waals surface area contributed by atoms with Crippen molar-refractivity contribution in [3.05, 3.63) is 29.3 Å². The molecule has 1 fully saturated rings. The van der Waals surface area contributed by atoms with Crippen LogP contribution in [0.25, 0.3) is 0 Å². The van der Waals surface area contributed by atoms with Gasteiger partial charge in [0.15, 0.2) is 6.61 Å². The first-order chi connectivity index (χ1) is 11.9. The second-order valence-corrected chi connectivity index (χ2v) is 7.73. The molecule has 0 aromatic heterocycles. The van der Waals surface area contributed by atoms with E-state index in [2.05, 4.69) is 0 Å². The third kappa shape index (κ3) is 5.93. The smallest absolute Gasteiger partial charge is 0.319 e. The molecule has 25 heavy (non-hydrogen) atoms. The van der Waals surface area contributed by atoms with Gasteiger partial charge < -0.3 is 15.4 Å². The lowest BCUT2D eigenvalue weighted by Gasteiger charge is -2.30. The average molecular weight is 385 g/mol. The Morgan fingerprint density at radius 3 is 2.44 bits per heavy atom. The summed E-state index contributed by atoms with van der Waals surface area (Å²) in [6.07, 6.45) is 1.11. The number of thioether (sulfide) groups is 1. The normalized spacial score (nSPS) is 16.3. The van der Waals surface area contributed by atoms with E-state index in [4.69, 9.17) is 22.1 Å². The summed E-state index contributed by atoms with van der Waals surface area (Å²) in [6.45, 7) is 2.36. The van der Waals surface area contributed by atoms with E-state index in [1.807, 2.05) is 12.1 Å². The van der Waals surface area contributed by atoms with E-state index >= 15 is 0 Å². The fourth-order valence-corrected chi connectivity index (χ4v) is 3.51. The number of esters is 1. The molecule has 8 heteroatoms. The fourth-order valence-electron chi connectivity index (χ4n) is 2.52. The van der Waals surface area contributed by atoms with Crippen molar-refractivity contribution >= 4 is 41.1 Å². The first kappa shape index (κ1) is 19.6. The van der Waals surface area contributed by atoms with Gasteiger partial charge in [-0.15, -0.1) is 11.8 Å². The van der Waals surface area contributed by atoms with Crippen LogP contribution in [0.5, 0.6) is 0 Å². The van der Waals surface area contributed by atoms with Crippen LogP contribution in [0.4, 0.5) is 0 Å². The van der Waals surface area contributed by atoms with Crippen molar-refractivity contribution in [3.63, 3.8) is 0 Å². The molecule has 2 N–H and O–H groups in total. The van der Waals surface area contributed by atoms with Crippen LogP contribution in [0, 0.1) is 5.92 Å². The first-order valence-corrected chi connectivity index (χ1v) is 9.28. The Morgan fingerprint density at radius 2 is 1.88 bits per heavy atom. The van der Waals surface area contributed by atoms with E-state index in [0.29, 0.717) is 31.0 Å². The Kier molecular flexibility index (Phi) is 7.13. The highest BCUT2D eigenvalue weighted by Crippen LogP contribution is 2.25. The van der Waals surface area contributed by atoms with Crippen LogP contribution >= 0.6 is 23.4 Å². The standard InChI is InChI=1S/C17H21ClN2O4S/c1-11(25-14-4-2-13(18)3-5-14)17(23)24-10-15(21)20-8-6-12(7-9-20)16(19)22/h2-5,11-12H,6-10H2,1H3,(H2,19,22)/t11-/m0/s1. The second kappa shape index (κ2) is 9.10. The number of hydrogen-bond acceptors (Lipinski definition) is 5. The number of likely N-dealkylation sites (tertiary alicyclic amines) is 1. The number of rotatable bonds is 6. The van der Waals surface area contributed by atoms with Crippen molar-refractivity contribution in [2.45, 2.75) is 29.9 Å². The fraction of sp³-hybridized carbons (Fsp3) is 0.471. The minimum absolute atomic E-state index is 0.178. The van der Waals surface area contributed by atoms with Gasteiger partial charge >= 0.3 is 5.97 Å². The van der Waals surface area contributed by atoms with Crippen molar-refractivity contribution in [1.82, 2.24) is 4.90 Å². The minimum Gasteiger partial charge on any atom is -0.455 e. The molecule has 1 aromatic rings. The molecule has 136 valence electrons. The molecular weight excluding hydrogens is 364 g/mol. The largest absolute Gasteiger partial charge is 0.455 e. The van der Waals surface area contributed by atoms with Crippen LogP contribution < -0.4 is 5.73 Å². The van der Waals surface area contributed by atoms with Gasteiger partial charge in [-0.25, -0.2) is 0 Å². The summed E-state index contributed by atoms with van der Waals surface area (Å²) in [7, 11) is 0. The van der Waals surface area contributed by atoms with Crippen LogP contribution in [-0.4, -0.2) is 47.6 Å². The Labute approximate surface area is 156 Å². The van der Waals surface area contributed by atoms with Crippen LogP contribution in [-0.2, 0) is 19.1 Å². The Balaban J connectivity index is 1.74. The van der Waals surface area contributed by atoms with E-state index in [9.17, 15) is 14.4 Å². The number of benzene rings is 1. The van der Waals surface area contributed by atoms with Gasteiger partial charge in [0.05, 0.1) is 0 Å². The number of ether oxygens (including phenoxy) is 1. The van der Waals surface area contributed by atoms with Crippen LogP contribution in [0.15, 0.2) is 29.2 Å². The predicted octanol–water partition coefficient (Wildman–Crippen LogP) is 2.09. The molecule has 6 nitrogen and oxygen atoms in total. The minimum atomic E-state index is -0.444. The molecule has 1 atom stereocenters. The Hall–Kier alpha value is -1.73. The molecule has 1 aliphatic rings. The van der Waals surface area contributed by atoms with Gasteiger partial charge in [-0.3, -0.25) is 14.4 Å². The first-order valence-electron chi connectivity index (χ1n) is 8.02. The number of hydrogen-bond donors (Lipinski definition) is 1. The van der Waals surface area contributed by atoms with Gasteiger partial charge in [0.25, 0.3) is 5.91 Å². The lowest BCUT2D eigenvalue weighted by molar-refractivity contribution is -0.152. The number of piperidine rings is 1. The highest BCUT2D eigenvalue weighted by atomic mass is 35.5. The SMILES string of the molecule is C[C@H](Sc1ccc(Cl)cc1)C(=O)OCC(=O)N1CCC(C(N)=O)CC1. The van der Waals surface area contributed by atoms with E-state index in [1.54, 1.807) is 24.0 Å². The molecule has 0 aliphatic carbocycles. The summed E-state index contributed by atoms with van der Waals surface area (Å²) in [5.41, 5.74) is 5.27. The average Bonchev–Trinajstić information content (AvgIpc) is 2.61. The maximum atomic E-state index is 12.1. The van der Waals surface area contributed by atoms with Gasteiger partial charge in [-0.05, 0) is 44.0 Å². The van der Waals surface area contributed by atoms with Gasteiger partial charge in [-0.2, -0.15) is 0 Å². The summed E-state index contributed by atoms with van der Waals surface area (Å²) in [5, 5.41) is 0.194. The number of nitrogens with two attached hydrogens (primary N) is 1. The topological polar surface area (TPSA) is 89.7 Å². The molecule has 1 aromatic carbocycles. The summed E-state index contributed by atoms with van der Waals surface area (Å²) >= 11 is 7.17. The quantitative estimate of drug-likeness (QED) is 0.599. The molecule has 1 aliphatic heterocycles. The lowest BCUT2D eigenvalue weighted by Crippen LogP contribution is -2.43. The lowest BCUT2D eigenvalue weighted by atomic mass is 9.96. The van der Waals surface area contributed by atoms with Crippen molar-refractivity contribution < 1.29 is 19.1 Å². The third-order valence-electron chi connectivity index (χ3n) is 4.05. The third-order valence-corrected chi connectivity index (χ3v) is 5.39. The molecule has 0 spiro atoms. The number of amides is 2. The van der Waals surface area contributed by atoms with Crippen molar-refractivity contribution in [1.29, 1.82) is 0 Å². The van der Waals surface area contributed by atoms with Gasteiger partial charge in [0.2, 0.25) is 5.91 Å². The molecule has 0 saturated carbocycles. The summed E-state index contributed by atoms with van der Waals surface area (Å²) < 4.78 is 5.12. The molecule has 2 rings (SSSR count). The van der Waals surface area contributed by atoms with E-state index < -0.39 is 11.2 Å². The monoisotopic (exact) mass is 384 g/mol. The maximum Gasteiger partial charge on any atom is 0.319 e. The number of nitrogens with zero attached hydrogens (tertiary/aromatic N) is 1. The molecule has 0 radical (unpaired) electrons. The zero-order chi connectivity index (χ0) is 18.4. The van der Waals surface area contributed by atoms with Crippen molar-refractivity contribution in [2.75, 3.05) is 19.7 Å². The zero-order valence-corrected chi connectivity index (χ0v) is 15.5. The van der Waals surface area contributed by atoms with Crippen LogP contribution in [0.3, 0.4) is 0 Å². The van der Waals surface area contributed by atoms with Crippen LogP contribution in [0.1, 0.15) is 19.8 Å². The number of halogens is 1. The Morgan fingerprint density at radius 1 is 1.28 bits per heavy atom. The number of carbonyl (C=O) groups is 3. The molecular formula is C17H21ClN2O4S. The highest BCUT2D eigenvalue weighted by Gasteiger charge is 2.26. The van der Waals surface area contributed by atoms with E-state index in [0.717, 1.165) is 4.90 Å². The summed E-state index contributed by atoms with van der Waals surface area (Å²) in [5.74, 6) is -1.20. The molecule has 2 amide bonds. The second-order valence-electron chi connectivity index (χ2n) is 5.88. The van der Waals surface area contributed by atoms with E-state index in [-0.39, 0.29) is 24.3 Å². The highest BCUT2D eigenvalue weighted by molar-refractivity contribution is 8.00. The Bertz CT molecular complexity index is 630. The van der Waals surface area contributed by atoms with Gasteiger partial charge in [0.1, 0.15) is 5.25 Å². The van der Waals surface area contributed by atoms with E-state index in [1.165, 1.54) is 11.8 Å². The maximum absolute atomic E-state index is 12.1. The molecule has 0 bridgehead atoms. The summed E-state index contributed by atoms with van der Waals surface area (Å²) in [4.78, 5) is 37.8. The van der Waals surface area contributed by atoms with Crippen molar-refractivity contribution in [2.24, 2.45) is 11.7 Å². The van der Waals surface area contributed by atoms with Crippen LogP contribution in [0.2, 0.25) is 5.02 Å². The molecule has 1 heterocycles. The van der Waals surface area contributed by atoms with Crippen molar-refractivity contribution in [3.8, 4) is 0 Å². The summed E-state index contributed by atoms with van der Waals surface area (Å²) in [6, 6.07) is 7.15. The van der Waals surface area contributed by atoms with Gasteiger partial charge in [-0.1, -0.05) is 11.6 Å². The predicted molar refractivity (Wildman–Crippen MR) is 96.2 cm³/mol. The number of carbonyl (C=O) groups excluding carboxylic acids is 3. The molecule has 1 saturated heterocycles.